The predicted octanol–water partition coefficient (Wildman–Crippen LogP) is 4.26. The summed E-state index contributed by atoms with van der Waals surface area (Å²) in [6, 6.07) is 15.7. The number of allylic oxidation sites excluding steroid dienone is 2. The Morgan fingerprint density at radius 2 is 1.91 bits per heavy atom. The third kappa shape index (κ3) is 4.88. The van der Waals surface area contributed by atoms with Gasteiger partial charge < -0.3 is 4.90 Å². The van der Waals surface area contributed by atoms with Crippen molar-refractivity contribution in [3.63, 3.8) is 0 Å². The highest BCUT2D eigenvalue weighted by Gasteiger charge is 2.03. The normalized spacial score (nSPS) is 9.78. The maximum absolute atomic E-state index is 13.4. The van der Waals surface area contributed by atoms with Gasteiger partial charge in [0.25, 0.3) is 0 Å². The second kappa shape index (κ2) is 7.64. The molecule has 0 atom stereocenters. The molecule has 0 amide bonds. The number of hydrogen-bond acceptors (Lipinski definition) is 2. The minimum Gasteiger partial charge on any atom is -0.351 e. The second-order valence-electron chi connectivity index (χ2n) is 4.88. The van der Waals surface area contributed by atoms with Crippen molar-refractivity contribution in [1.82, 2.24) is 0 Å². The van der Waals surface area contributed by atoms with E-state index in [1.807, 2.05) is 36.4 Å². The van der Waals surface area contributed by atoms with E-state index in [4.69, 9.17) is 5.26 Å². The van der Waals surface area contributed by atoms with E-state index >= 15 is 0 Å². The first-order valence-electron chi connectivity index (χ1n) is 6.96. The Balaban J connectivity index is 2.08. The van der Waals surface area contributed by atoms with Gasteiger partial charge in [-0.2, -0.15) is 5.26 Å². The Bertz CT molecular complexity index is 833. The molecule has 0 spiro atoms. The molecule has 0 aromatic heterocycles. The molecule has 3 heteroatoms. The lowest BCUT2D eigenvalue weighted by Crippen LogP contribution is -2.08. The van der Waals surface area contributed by atoms with Crippen LogP contribution in [-0.4, -0.2) is 7.05 Å². The molecule has 0 bridgehead atoms. The number of benzene rings is 2. The van der Waals surface area contributed by atoms with E-state index in [-0.39, 0.29) is 5.56 Å². The molecule has 0 unspecified atom stereocenters. The summed E-state index contributed by atoms with van der Waals surface area (Å²) in [6.07, 6.45) is 3.48. The Labute approximate surface area is 135 Å². The lowest BCUT2D eigenvalue weighted by molar-refractivity contribution is 0.627. The second-order valence-corrected chi connectivity index (χ2v) is 4.88. The summed E-state index contributed by atoms with van der Waals surface area (Å²) in [5.41, 5.74) is 2.42. The molecular weight excluding hydrogens is 287 g/mol. The van der Waals surface area contributed by atoms with Gasteiger partial charge in [-0.15, -0.1) is 0 Å². The molecule has 2 aromatic carbocycles. The van der Waals surface area contributed by atoms with Gasteiger partial charge in [0.05, 0.1) is 11.6 Å². The lowest BCUT2D eigenvalue weighted by atomic mass is 10.2. The zero-order valence-electron chi connectivity index (χ0n) is 12.8. The minimum absolute atomic E-state index is 0.281. The molecule has 0 fully saturated rings. The fourth-order valence-electron chi connectivity index (χ4n) is 1.85. The van der Waals surface area contributed by atoms with Crippen LogP contribution in [0.25, 0.3) is 0 Å². The number of hydrogen-bond donors (Lipinski definition) is 0. The maximum atomic E-state index is 13.4. The zero-order chi connectivity index (χ0) is 16.7. The van der Waals surface area contributed by atoms with Crippen molar-refractivity contribution in [3.8, 4) is 17.9 Å². The zero-order valence-corrected chi connectivity index (χ0v) is 12.8. The van der Waals surface area contributed by atoms with E-state index in [1.54, 1.807) is 30.3 Å². The predicted molar refractivity (Wildman–Crippen MR) is 91.1 cm³/mol. The number of anilines is 1. The van der Waals surface area contributed by atoms with Crippen molar-refractivity contribution in [1.29, 1.82) is 5.26 Å². The summed E-state index contributed by atoms with van der Waals surface area (Å²) in [6.45, 7) is 3.87. The Morgan fingerprint density at radius 1 is 1.17 bits per heavy atom. The highest BCUT2D eigenvalue weighted by atomic mass is 19.1. The van der Waals surface area contributed by atoms with Crippen LogP contribution < -0.4 is 4.90 Å². The van der Waals surface area contributed by atoms with Crippen molar-refractivity contribution in [2.45, 2.75) is 0 Å². The molecule has 2 aromatic rings. The minimum atomic E-state index is -0.443. The van der Waals surface area contributed by atoms with Crippen LogP contribution >= 0.6 is 0 Å². The van der Waals surface area contributed by atoms with Crippen molar-refractivity contribution >= 4 is 5.69 Å². The van der Waals surface area contributed by atoms with E-state index in [9.17, 15) is 4.39 Å². The first-order chi connectivity index (χ1) is 11.1. The largest absolute Gasteiger partial charge is 0.351 e. The third-order valence-electron chi connectivity index (χ3n) is 3.06. The number of nitrogens with zero attached hydrogens (tertiary/aromatic N) is 2. The fraction of sp³-hybridized carbons (Fsp3) is 0.0500. The third-order valence-corrected chi connectivity index (χ3v) is 3.06. The molecule has 0 N–H and O–H groups in total. The molecule has 112 valence electrons. The highest BCUT2D eigenvalue weighted by molar-refractivity contribution is 5.54. The van der Waals surface area contributed by atoms with Gasteiger partial charge in [-0.3, -0.25) is 0 Å². The van der Waals surface area contributed by atoms with Gasteiger partial charge in [0.15, 0.2) is 0 Å². The molecular formula is C20H15FN2. The molecule has 0 heterocycles. The van der Waals surface area contributed by atoms with E-state index in [1.165, 1.54) is 12.1 Å². The van der Waals surface area contributed by atoms with Crippen LogP contribution in [0, 0.1) is 29.0 Å². The van der Waals surface area contributed by atoms with E-state index in [0.29, 0.717) is 11.3 Å². The molecule has 0 aliphatic rings. The summed E-state index contributed by atoms with van der Waals surface area (Å²) in [5.74, 6) is 5.53. The first-order valence-corrected chi connectivity index (χ1v) is 6.96. The highest BCUT2D eigenvalue weighted by Crippen LogP contribution is 2.17. The van der Waals surface area contributed by atoms with Crippen LogP contribution in [0.1, 0.15) is 11.1 Å². The summed E-state index contributed by atoms with van der Waals surface area (Å²) >= 11 is 0. The SMILES string of the molecule is C=C(C#Cc1ccccc1)/C=C\N(C)c1cc(F)cc(C#N)c1. The Morgan fingerprint density at radius 3 is 2.61 bits per heavy atom. The Kier molecular flexibility index (Phi) is 5.34. The number of halogens is 1. The van der Waals surface area contributed by atoms with Crippen molar-refractivity contribution in [2.75, 3.05) is 11.9 Å². The summed E-state index contributed by atoms with van der Waals surface area (Å²) < 4.78 is 13.4. The van der Waals surface area contributed by atoms with E-state index in [0.717, 1.165) is 5.56 Å². The van der Waals surface area contributed by atoms with Gasteiger partial charge in [-0.25, -0.2) is 4.39 Å². The average Bonchev–Trinajstić information content (AvgIpc) is 2.58. The maximum Gasteiger partial charge on any atom is 0.126 e. The van der Waals surface area contributed by atoms with Gasteiger partial charge in [-0.05, 0) is 36.4 Å². The summed E-state index contributed by atoms with van der Waals surface area (Å²) in [5, 5.41) is 8.88. The van der Waals surface area contributed by atoms with Crippen LogP contribution in [-0.2, 0) is 0 Å². The van der Waals surface area contributed by atoms with Crippen molar-refractivity contribution in [3.05, 3.63) is 89.9 Å². The first kappa shape index (κ1) is 16.1. The molecule has 0 saturated carbocycles. The molecule has 0 saturated heterocycles. The molecule has 2 nitrogen and oxygen atoms in total. The molecule has 0 aliphatic carbocycles. The summed E-state index contributed by atoms with van der Waals surface area (Å²) in [4.78, 5) is 1.71. The van der Waals surface area contributed by atoms with Gasteiger partial charge in [0, 0.05) is 30.1 Å². The number of nitriles is 1. The molecule has 0 aliphatic heterocycles. The molecule has 0 radical (unpaired) electrons. The monoisotopic (exact) mass is 302 g/mol. The van der Waals surface area contributed by atoms with Crippen LogP contribution in [0.5, 0.6) is 0 Å². The van der Waals surface area contributed by atoms with E-state index < -0.39 is 5.82 Å². The van der Waals surface area contributed by atoms with Gasteiger partial charge in [0.2, 0.25) is 0 Å². The Hall–Kier alpha value is -3.30. The van der Waals surface area contributed by atoms with Crippen LogP contribution in [0.2, 0.25) is 0 Å². The molecule has 23 heavy (non-hydrogen) atoms. The quantitative estimate of drug-likeness (QED) is 0.626. The van der Waals surface area contributed by atoms with Crippen molar-refractivity contribution in [2.24, 2.45) is 0 Å². The van der Waals surface area contributed by atoms with Gasteiger partial charge in [0.1, 0.15) is 5.82 Å². The standard InChI is InChI=1S/C20H15FN2/c1-16(8-9-17-6-4-3-5-7-17)10-11-23(2)20-13-18(15-22)12-19(21)14-20/h3-7,10-14H,1H2,2H3/b11-10-. The topological polar surface area (TPSA) is 27.0 Å². The lowest BCUT2D eigenvalue weighted by Gasteiger charge is -2.14. The average molecular weight is 302 g/mol. The smallest absolute Gasteiger partial charge is 0.126 e. The van der Waals surface area contributed by atoms with E-state index in [2.05, 4.69) is 18.4 Å². The van der Waals surface area contributed by atoms with Gasteiger partial charge in [-0.1, -0.05) is 36.6 Å². The fourth-order valence-corrected chi connectivity index (χ4v) is 1.85. The summed E-state index contributed by atoms with van der Waals surface area (Å²) in [7, 11) is 1.77. The number of rotatable bonds is 3. The van der Waals surface area contributed by atoms with Crippen molar-refractivity contribution < 1.29 is 4.39 Å². The molecule has 2 rings (SSSR count). The van der Waals surface area contributed by atoms with Crippen LogP contribution in [0.4, 0.5) is 10.1 Å². The van der Waals surface area contributed by atoms with Crippen LogP contribution in [0.3, 0.4) is 0 Å². The van der Waals surface area contributed by atoms with Crippen LogP contribution in [0.15, 0.2) is 73.0 Å². The van der Waals surface area contributed by atoms with Gasteiger partial charge >= 0.3 is 0 Å².